The van der Waals surface area contributed by atoms with Crippen LogP contribution in [-0.2, 0) is 22.4 Å². The van der Waals surface area contributed by atoms with E-state index in [2.05, 4.69) is 13.0 Å². The molecule has 2 N–H and O–H groups in total. The number of carbonyl (C=O) groups excluding carboxylic acids is 1. The Morgan fingerprint density at radius 2 is 1.61 bits per heavy atom. The molecule has 156 valence electrons. The van der Waals surface area contributed by atoms with Crippen LogP contribution < -0.4 is 0 Å². The van der Waals surface area contributed by atoms with Crippen molar-refractivity contribution in [2.45, 2.75) is 102 Å². The fourth-order valence-corrected chi connectivity index (χ4v) is 4.21. The molecule has 2 aliphatic rings. The molecule has 0 amide bonds. The molecule has 4 nitrogen and oxygen atoms in total. The number of hydrogen-bond acceptors (Lipinski definition) is 4. The van der Waals surface area contributed by atoms with E-state index in [1.807, 2.05) is 0 Å². The molecule has 2 aliphatic carbocycles. The summed E-state index contributed by atoms with van der Waals surface area (Å²) in [5, 5.41) is 20.3. The lowest BCUT2D eigenvalue weighted by Gasteiger charge is -2.13. The van der Waals surface area contributed by atoms with Gasteiger partial charge < -0.3 is 14.9 Å². The maximum atomic E-state index is 10.5. The van der Waals surface area contributed by atoms with Gasteiger partial charge in [-0.15, -0.1) is 0 Å². The molecule has 0 aliphatic heterocycles. The number of aromatic hydroxyl groups is 2. The minimum absolute atomic E-state index is 0.00268. The average molecular weight is 389 g/mol. The topological polar surface area (TPSA) is 66.8 Å². The first kappa shape index (κ1) is 21.0. The third-order valence-corrected chi connectivity index (χ3v) is 6.76. The normalized spacial score (nSPS) is 18.6. The molecule has 4 heteroatoms. The Morgan fingerprint density at radius 1 is 0.929 bits per heavy atom. The number of phenols is 2. The minimum atomic E-state index is -0.180. The van der Waals surface area contributed by atoms with Crippen LogP contribution in [0.5, 0.6) is 11.5 Å². The molecule has 0 atom stereocenters. The molecule has 0 heterocycles. The fraction of sp³-hybridized carbons (Fsp3) is 0.708. The number of aryl methyl sites for hydroxylation is 2. The van der Waals surface area contributed by atoms with E-state index in [0.29, 0.717) is 11.9 Å². The third-order valence-electron chi connectivity index (χ3n) is 6.76. The van der Waals surface area contributed by atoms with Gasteiger partial charge in [-0.25, -0.2) is 0 Å². The van der Waals surface area contributed by atoms with Crippen LogP contribution in [0.25, 0.3) is 0 Å². The molecule has 1 aromatic carbocycles. The zero-order chi connectivity index (χ0) is 20.0. The number of unbranched alkanes of at least 4 members (excludes halogenated alkanes) is 4. The van der Waals surface area contributed by atoms with Gasteiger partial charge in [0.25, 0.3) is 6.47 Å². The van der Waals surface area contributed by atoms with Crippen LogP contribution in [-0.4, -0.2) is 22.3 Å². The lowest BCUT2D eigenvalue weighted by atomic mass is 9.97. The van der Waals surface area contributed by atoms with Crippen molar-refractivity contribution in [1.82, 2.24) is 0 Å². The highest BCUT2D eigenvalue weighted by Gasteiger charge is 2.44. The largest absolute Gasteiger partial charge is 0.504 e. The van der Waals surface area contributed by atoms with Crippen molar-refractivity contribution in [2.24, 2.45) is 5.41 Å². The summed E-state index contributed by atoms with van der Waals surface area (Å²) in [4.78, 5) is 10.5. The monoisotopic (exact) mass is 388 g/mol. The quantitative estimate of drug-likeness (QED) is 0.240. The summed E-state index contributed by atoms with van der Waals surface area (Å²) in [6, 6.07) is 3.74. The number of ether oxygens (including phenoxy) is 1. The molecule has 2 fully saturated rings. The van der Waals surface area contributed by atoms with Crippen LogP contribution in [0.3, 0.4) is 0 Å². The van der Waals surface area contributed by atoms with Gasteiger partial charge in [0.05, 0.1) is 0 Å². The van der Waals surface area contributed by atoms with Gasteiger partial charge in [0, 0.05) is 0 Å². The Hall–Kier alpha value is -1.71. The van der Waals surface area contributed by atoms with E-state index in [0.717, 1.165) is 62.5 Å². The highest BCUT2D eigenvalue weighted by Crippen LogP contribution is 2.49. The second kappa shape index (κ2) is 9.19. The Kier molecular flexibility index (Phi) is 6.90. The van der Waals surface area contributed by atoms with Gasteiger partial charge in [-0.1, -0.05) is 32.3 Å². The van der Waals surface area contributed by atoms with Crippen LogP contribution in [0.1, 0.15) is 95.1 Å². The van der Waals surface area contributed by atoms with E-state index in [1.54, 1.807) is 6.07 Å². The van der Waals surface area contributed by atoms with E-state index in [4.69, 9.17) is 4.74 Å². The second-order valence-electron chi connectivity index (χ2n) is 9.45. The fourth-order valence-electron chi connectivity index (χ4n) is 4.21. The molecule has 3 rings (SSSR count). The van der Waals surface area contributed by atoms with E-state index in [-0.39, 0.29) is 17.1 Å². The number of carbonyl (C=O) groups is 1. The van der Waals surface area contributed by atoms with E-state index < -0.39 is 0 Å². The molecule has 0 aromatic heterocycles. The Balaban J connectivity index is 1.38. The first-order valence-corrected chi connectivity index (χ1v) is 11.1. The predicted molar refractivity (Wildman–Crippen MR) is 111 cm³/mol. The van der Waals surface area contributed by atoms with Crippen molar-refractivity contribution in [3.05, 3.63) is 23.3 Å². The van der Waals surface area contributed by atoms with Crippen molar-refractivity contribution in [3.8, 4) is 11.5 Å². The summed E-state index contributed by atoms with van der Waals surface area (Å²) < 4.78 is 5.19. The van der Waals surface area contributed by atoms with E-state index in [1.165, 1.54) is 38.5 Å². The second-order valence-corrected chi connectivity index (χ2v) is 9.45. The van der Waals surface area contributed by atoms with Crippen LogP contribution in [0.2, 0.25) is 0 Å². The molecule has 0 saturated heterocycles. The van der Waals surface area contributed by atoms with Gasteiger partial charge in [0.2, 0.25) is 0 Å². The van der Waals surface area contributed by atoms with Gasteiger partial charge in [-0.05, 0) is 93.2 Å². The van der Waals surface area contributed by atoms with Gasteiger partial charge in [0.15, 0.2) is 11.5 Å². The zero-order valence-corrected chi connectivity index (χ0v) is 17.3. The molecule has 2 saturated carbocycles. The summed E-state index contributed by atoms with van der Waals surface area (Å²) in [5.74, 6) is 0.0441. The first-order valence-electron chi connectivity index (χ1n) is 11.1. The Bertz CT molecular complexity index is 659. The molecule has 0 unspecified atom stereocenters. The van der Waals surface area contributed by atoms with Crippen molar-refractivity contribution in [3.63, 3.8) is 0 Å². The van der Waals surface area contributed by atoms with Crippen LogP contribution in [0.4, 0.5) is 0 Å². The molecular formula is C24H36O4. The summed E-state index contributed by atoms with van der Waals surface area (Å²) in [5.41, 5.74) is 2.41. The van der Waals surface area contributed by atoms with Crippen LogP contribution >= 0.6 is 0 Å². The third kappa shape index (κ3) is 6.15. The molecule has 1 aromatic rings. The van der Waals surface area contributed by atoms with Crippen molar-refractivity contribution in [2.75, 3.05) is 0 Å². The van der Waals surface area contributed by atoms with Gasteiger partial charge in [0.1, 0.15) is 5.60 Å². The maximum absolute atomic E-state index is 10.5. The van der Waals surface area contributed by atoms with E-state index >= 15 is 0 Å². The smallest absolute Gasteiger partial charge is 0.293 e. The Morgan fingerprint density at radius 3 is 2.29 bits per heavy atom. The van der Waals surface area contributed by atoms with Crippen LogP contribution in [0, 0.1) is 5.41 Å². The Labute approximate surface area is 169 Å². The lowest BCUT2D eigenvalue weighted by molar-refractivity contribution is -0.135. The summed E-state index contributed by atoms with van der Waals surface area (Å²) in [7, 11) is 0. The highest BCUT2D eigenvalue weighted by atomic mass is 16.5. The number of hydrogen-bond donors (Lipinski definition) is 2. The molecule has 0 spiro atoms. The average Bonchev–Trinajstić information content (AvgIpc) is 3.58. The summed E-state index contributed by atoms with van der Waals surface area (Å²) in [6.07, 6.45) is 15.5. The number of rotatable bonds is 14. The zero-order valence-electron chi connectivity index (χ0n) is 17.3. The molecule has 0 radical (unpaired) electrons. The standard InChI is InChI=1S/C24H36O4/c1-23(12-13-23)10-6-3-2-4-9-20-16-19(17-21(26)22(20)27)8-5-7-11-24(14-15-24)28-18-25/h16-18,26-27H,2-15H2,1H3. The highest BCUT2D eigenvalue weighted by molar-refractivity contribution is 5.47. The molecular weight excluding hydrogens is 352 g/mol. The maximum Gasteiger partial charge on any atom is 0.293 e. The first-order chi connectivity index (χ1) is 13.5. The molecule has 28 heavy (non-hydrogen) atoms. The van der Waals surface area contributed by atoms with Gasteiger partial charge in [-0.2, -0.15) is 0 Å². The van der Waals surface area contributed by atoms with Crippen molar-refractivity contribution < 1.29 is 19.7 Å². The van der Waals surface area contributed by atoms with Crippen LogP contribution in [0.15, 0.2) is 12.1 Å². The predicted octanol–water partition coefficient (Wildman–Crippen LogP) is 5.81. The summed E-state index contributed by atoms with van der Waals surface area (Å²) >= 11 is 0. The lowest BCUT2D eigenvalue weighted by Crippen LogP contribution is -2.12. The van der Waals surface area contributed by atoms with Crippen molar-refractivity contribution in [1.29, 1.82) is 0 Å². The van der Waals surface area contributed by atoms with Gasteiger partial charge >= 0.3 is 0 Å². The number of phenolic OH excluding ortho intramolecular Hbond substituents is 2. The number of benzene rings is 1. The minimum Gasteiger partial charge on any atom is -0.504 e. The summed E-state index contributed by atoms with van der Waals surface area (Å²) in [6.45, 7) is 2.96. The van der Waals surface area contributed by atoms with E-state index in [9.17, 15) is 15.0 Å². The molecule has 0 bridgehead atoms. The SMILES string of the molecule is CC1(CCCCCCc2cc(CCCCC3(OC=O)CC3)cc(O)c2O)CC1. The van der Waals surface area contributed by atoms with Gasteiger partial charge in [-0.3, -0.25) is 4.79 Å². The van der Waals surface area contributed by atoms with Crippen molar-refractivity contribution >= 4 is 6.47 Å².